The van der Waals surface area contributed by atoms with E-state index in [-0.39, 0.29) is 16.0 Å². The molecule has 0 aliphatic carbocycles. The first-order chi connectivity index (χ1) is 12.9. The van der Waals surface area contributed by atoms with Crippen molar-refractivity contribution in [3.05, 3.63) is 78.2 Å². The van der Waals surface area contributed by atoms with E-state index in [9.17, 15) is 18.3 Å². The van der Waals surface area contributed by atoms with E-state index < -0.39 is 21.8 Å². The minimum absolute atomic E-state index is 0.0200. The lowest BCUT2D eigenvalue weighted by Crippen LogP contribution is -2.34. The van der Waals surface area contributed by atoms with Crippen LogP contribution in [0.2, 0.25) is 0 Å². The maximum Gasteiger partial charge on any atom is 0.266 e. The van der Waals surface area contributed by atoms with E-state index in [1.165, 1.54) is 19.2 Å². The van der Waals surface area contributed by atoms with Crippen LogP contribution in [0.1, 0.15) is 5.56 Å². The molecule has 136 valence electrons. The van der Waals surface area contributed by atoms with Crippen molar-refractivity contribution in [2.75, 3.05) is 12.4 Å². The lowest BCUT2D eigenvalue weighted by Gasteiger charge is -2.27. The smallest absolute Gasteiger partial charge is 0.266 e. The number of nitrogens with one attached hydrogen (secondary N) is 1. The molecule has 1 amide bonds. The molecule has 0 radical (unpaired) electrons. The molecule has 0 spiro atoms. The fourth-order valence-corrected chi connectivity index (χ4v) is 4.49. The van der Waals surface area contributed by atoms with Gasteiger partial charge in [-0.05, 0) is 17.5 Å². The van der Waals surface area contributed by atoms with Crippen LogP contribution in [0.25, 0.3) is 16.3 Å². The van der Waals surface area contributed by atoms with Crippen LogP contribution in [0.15, 0.2) is 77.5 Å². The average molecular weight is 380 g/mol. The number of hydrogen-bond donors (Lipinski definition) is 2. The van der Waals surface area contributed by atoms with E-state index in [1.54, 1.807) is 18.2 Å². The molecule has 0 aromatic heterocycles. The number of aliphatic hydroxyl groups is 1. The Hall–Kier alpha value is -3.32. The molecule has 3 aromatic rings. The Morgan fingerprint density at radius 1 is 0.963 bits per heavy atom. The number of aliphatic hydroxyl groups excluding tert-OH is 1. The van der Waals surface area contributed by atoms with Gasteiger partial charge in [-0.15, -0.1) is 0 Å². The predicted octanol–water partition coefficient (Wildman–Crippen LogP) is 3.34. The Morgan fingerprint density at radius 3 is 2.44 bits per heavy atom. The average Bonchev–Trinajstić information content (AvgIpc) is 2.67. The zero-order chi connectivity index (χ0) is 19.2. The van der Waals surface area contributed by atoms with Crippen molar-refractivity contribution in [1.82, 2.24) is 4.31 Å². The molecular formula is C20H16N2O4S. The van der Waals surface area contributed by atoms with Gasteiger partial charge in [0.1, 0.15) is 5.57 Å². The molecule has 4 rings (SSSR count). The summed E-state index contributed by atoms with van der Waals surface area (Å²) < 4.78 is 25.7. The number of fused-ring (bicyclic) bond motifs is 2. The summed E-state index contributed by atoms with van der Waals surface area (Å²) in [5, 5.41) is 15.0. The number of carbonyl (C=O) groups is 1. The molecule has 1 aliphatic heterocycles. The van der Waals surface area contributed by atoms with Gasteiger partial charge in [0.2, 0.25) is 5.88 Å². The first kappa shape index (κ1) is 17.1. The predicted molar refractivity (Wildman–Crippen MR) is 104 cm³/mol. The van der Waals surface area contributed by atoms with Crippen molar-refractivity contribution in [2.45, 2.75) is 4.90 Å². The second kappa shape index (κ2) is 6.14. The standard InChI is InChI=1S/C20H16N2O4S/c1-22-20(24)18(15-10-4-5-12-17(15)27(22,25)26)19(23)21-16-11-6-8-13-7-2-3-9-14(13)16/h2-12,24H,1H3,(H,21,23). The third-order valence-electron chi connectivity index (χ3n) is 4.58. The van der Waals surface area contributed by atoms with Gasteiger partial charge in [-0.25, -0.2) is 12.7 Å². The van der Waals surface area contributed by atoms with Crippen LogP contribution in [0.4, 0.5) is 5.69 Å². The van der Waals surface area contributed by atoms with Crippen molar-refractivity contribution in [2.24, 2.45) is 0 Å². The number of benzene rings is 3. The van der Waals surface area contributed by atoms with E-state index in [4.69, 9.17) is 0 Å². The molecule has 0 unspecified atom stereocenters. The van der Waals surface area contributed by atoms with Crippen molar-refractivity contribution < 1.29 is 18.3 Å². The van der Waals surface area contributed by atoms with Gasteiger partial charge < -0.3 is 10.4 Å². The zero-order valence-corrected chi connectivity index (χ0v) is 15.2. The highest BCUT2D eigenvalue weighted by molar-refractivity contribution is 7.89. The minimum Gasteiger partial charge on any atom is -0.493 e. The molecule has 1 heterocycles. The van der Waals surface area contributed by atoms with E-state index in [1.807, 2.05) is 36.4 Å². The molecule has 0 saturated carbocycles. The zero-order valence-electron chi connectivity index (χ0n) is 14.4. The van der Waals surface area contributed by atoms with Gasteiger partial charge in [-0.3, -0.25) is 4.79 Å². The molecule has 0 bridgehead atoms. The Bertz CT molecular complexity index is 1210. The summed E-state index contributed by atoms with van der Waals surface area (Å²) in [6.45, 7) is 0. The Kier molecular flexibility index (Phi) is 3.89. The summed E-state index contributed by atoms with van der Waals surface area (Å²) in [5.74, 6) is -1.19. The van der Waals surface area contributed by atoms with Gasteiger partial charge in [0.15, 0.2) is 0 Å². The van der Waals surface area contributed by atoms with Crippen LogP contribution in [-0.4, -0.2) is 30.8 Å². The van der Waals surface area contributed by atoms with Crippen molar-refractivity contribution in [3.8, 4) is 0 Å². The van der Waals surface area contributed by atoms with Crippen molar-refractivity contribution in [1.29, 1.82) is 0 Å². The highest BCUT2D eigenvalue weighted by Crippen LogP contribution is 2.35. The molecule has 27 heavy (non-hydrogen) atoms. The highest BCUT2D eigenvalue weighted by atomic mass is 32.2. The first-order valence-corrected chi connectivity index (χ1v) is 9.66. The Morgan fingerprint density at radius 2 is 1.63 bits per heavy atom. The summed E-state index contributed by atoms with van der Waals surface area (Å²) in [6, 6.07) is 19.2. The number of amides is 1. The van der Waals surface area contributed by atoms with Gasteiger partial charge in [0.05, 0.1) is 4.90 Å². The summed E-state index contributed by atoms with van der Waals surface area (Å²) in [5.41, 5.74) is 0.661. The Balaban J connectivity index is 1.83. The fourth-order valence-electron chi connectivity index (χ4n) is 3.18. The van der Waals surface area contributed by atoms with E-state index in [2.05, 4.69) is 5.32 Å². The van der Waals surface area contributed by atoms with E-state index >= 15 is 0 Å². The van der Waals surface area contributed by atoms with Gasteiger partial charge >= 0.3 is 0 Å². The second-order valence-corrected chi connectivity index (χ2v) is 8.09. The van der Waals surface area contributed by atoms with E-state index in [0.717, 1.165) is 10.8 Å². The SMILES string of the molecule is CN1C(O)=C(C(=O)Nc2cccc3ccccc23)c2ccccc2S1(=O)=O. The van der Waals surface area contributed by atoms with Crippen LogP contribution in [0.5, 0.6) is 0 Å². The fraction of sp³-hybridized carbons (Fsp3) is 0.0500. The third-order valence-corrected chi connectivity index (χ3v) is 6.39. The number of anilines is 1. The topological polar surface area (TPSA) is 86.7 Å². The Labute approximate surface area is 156 Å². The maximum atomic E-state index is 13.0. The quantitative estimate of drug-likeness (QED) is 0.714. The monoisotopic (exact) mass is 380 g/mol. The maximum absolute atomic E-state index is 13.0. The normalized spacial score (nSPS) is 15.5. The van der Waals surface area contributed by atoms with Crippen molar-refractivity contribution >= 4 is 38.0 Å². The van der Waals surface area contributed by atoms with Crippen LogP contribution < -0.4 is 5.32 Å². The van der Waals surface area contributed by atoms with E-state index in [0.29, 0.717) is 9.99 Å². The molecule has 0 fully saturated rings. The number of rotatable bonds is 2. The van der Waals surface area contributed by atoms with Gasteiger partial charge in [0, 0.05) is 23.7 Å². The number of carbonyl (C=O) groups excluding carboxylic acids is 1. The lowest BCUT2D eigenvalue weighted by molar-refractivity contribution is -0.111. The van der Waals surface area contributed by atoms with Crippen LogP contribution in [0, 0.1) is 0 Å². The van der Waals surface area contributed by atoms with Crippen molar-refractivity contribution in [3.63, 3.8) is 0 Å². The molecule has 7 heteroatoms. The summed E-state index contributed by atoms with van der Waals surface area (Å²) in [6.07, 6.45) is 0. The summed E-state index contributed by atoms with van der Waals surface area (Å²) >= 11 is 0. The van der Waals surface area contributed by atoms with Crippen LogP contribution in [-0.2, 0) is 14.8 Å². The molecular weight excluding hydrogens is 364 g/mol. The second-order valence-electron chi connectivity index (χ2n) is 6.15. The first-order valence-electron chi connectivity index (χ1n) is 8.22. The lowest BCUT2D eigenvalue weighted by atomic mass is 10.0. The number of nitrogens with zero attached hydrogens (tertiary/aromatic N) is 1. The molecule has 0 saturated heterocycles. The molecule has 0 atom stereocenters. The molecule has 2 N–H and O–H groups in total. The van der Waals surface area contributed by atoms with Gasteiger partial charge in [-0.2, -0.15) is 0 Å². The highest BCUT2D eigenvalue weighted by Gasteiger charge is 2.37. The minimum atomic E-state index is -3.90. The summed E-state index contributed by atoms with van der Waals surface area (Å²) in [4.78, 5) is 13.0. The molecule has 3 aromatic carbocycles. The number of sulfonamides is 1. The third kappa shape index (κ3) is 2.63. The van der Waals surface area contributed by atoms with Gasteiger partial charge in [-0.1, -0.05) is 54.6 Å². The summed E-state index contributed by atoms with van der Waals surface area (Å²) in [7, 11) is -2.68. The van der Waals surface area contributed by atoms with Crippen LogP contribution in [0.3, 0.4) is 0 Å². The number of hydrogen-bond acceptors (Lipinski definition) is 4. The largest absolute Gasteiger partial charge is 0.493 e. The molecule has 1 aliphatic rings. The van der Waals surface area contributed by atoms with Crippen LogP contribution >= 0.6 is 0 Å². The molecule has 6 nitrogen and oxygen atoms in total. The van der Waals surface area contributed by atoms with Gasteiger partial charge in [0.25, 0.3) is 15.9 Å².